The molecule has 0 atom stereocenters. The number of nitrogens with zero attached hydrogens (tertiary/aromatic N) is 1. The Balaban J connectivity index is 2.20. The lowest BCUT2D eigenvalue weighted by Gasteiger charge is -2.22. The lowest BCUT2D eigenvalue weighted by Crippen LogP contribution is -2.37. The Hall–Kier alpha value is -2.19. The second kappa shape index (κ2) is 8.26. The Morgan fingerprint density at radius 3 is 2.36 bits per heavy atom. The van der Waals surface area contributed by atoms with Gasteiger partial charge in [-0.15, -0.1) is 11.8 Å². The van der Waals surface area contributed by atoms with Crippen LogP contribution in [0.3, 0.4) is 0 Å². The third kappa shape index (κ3) is 5.14. The number of anilines is 2. The number of carbonyl (C=O) groups excluding carboxylic acids is 1. The van der Waals surface area contributed by atoms with Crippen molar-refractivity contribution >= 4 is 39.1 Å². The van der Waals surface area contributed by atoms with Crippen molar-refractivity contribution in [3.63, 3.8) is 0 Å². The SMILES string of the molecule is COc1ccc(N(CC(=O)Nc2ccccc2SC)S(C)(=O)=O)cc1. The summed E-state index contributed by atoms with van der Waals surface area (Å²) in [6.07, 6.45) is 2.98. The molecule has 0 aliphatic heterocycles. The molecule has 25 heavy (non-hydrogen) atoms. The molecule has 0 radical (unpaired) electrons. The van der Waals surface area contributed by atoms with Gasteiger partial charge >= 0.3 is 0 Å². The molecular formula is C17H20N2O4S2. The highest BCUT2D eigenvalue weighted by Crippen LogP contribution is 2.25. The highest BCUT2D eigenvalue weighted by Gasteiger charge is 2.21. The molecule has 1 amide bonds. The predicted molar refractivity (Wildman–Crippen MR) is 102 cm³/mol. The molecule has 6 nitrogen and oxygen atoms in total. The monoisotopic (exact) mass is 380 g/mol. The summed E-state index contributed by atoms with van der Waals surface area (Å²) in [4.78, 5) is 13.3. The van der Waals surface area contributed by atoms with Gasteiger partial charge in [-0.3, -0.25) is 9.10 Å². The van der Waals surface area contributed by atoms with Crippen LogP contribution in [0.25, 0.3) is 0 Å². The van der Waals surface area contributed by atoms with Gasteiger partial charge in [0.2, 0.25) is 15.9 Å². The summed E-state index contributed by atoms with van der Waals surface area (Å²) in [5.74, 6) is 0.193. The average molecular weight is 380 g/mol. The van der Waals surface area contributed by atoms with Crippen molar-refractivity contribution in [2.24, 2.45) is 0 Å². The lowest BCUT2D eigenvalue weighted by atomic mass is 10.3. The zero-order valence-electron chi connectivity index (χ0n) is 14.2. The number of nitrogens with one attached hydrogen (secondary N) is 1. The summed E-state index contributed by atoms with van der Waals surface area (Å²) < 4.78 is 30.3. The first-order valence-electron chi connectivity index (χ1n) is 7.40. The van der Waals surface area contributed by atoms with E-state index in [1.807, 2.05) is 24.5 Å². The van der Waals surface area contributed by atoms with Crippen LogP contribution < -0.4 is 14.4 Å². The van der Waals surface area contributed by atoms with E-state index in [1.165, 1.54) is 18.9 Å². The molecule has 8 heteroatoms. The van der Waals surface area contributed by atoms with E-state index in [-0.39, 0.29) is 6.54 Å². The molecule has 134 valence electrons. The van der Waals surface area contributed by atoms with Crippen molar-refractivity contribution in [2.75, 3.05) is 35.8 Å². The highest BCUT2D eigenvalue weighted by atomic mass is 32.2. The van der Waals surface area contributed by atoms with E-state index in [2.05, 4.69) is 5.32 Å². The molecule has 0 saturated carbocycles. The summed E-state index contributed by atoms with van der Waals surface area (Å²) in [6, 6.07) is 13.9. The quantitative estimate of drug-likeness (QED) is 0.748. The number of thioether (sulfide) groups is 1. The molecule has 0 saturated heterocycles. The summed E-state index contributed by atoms with van der Waals surface area (Å²) in [5.41, 5.74) is 1.06. The Morgan fingerprint density at radius 1 is 1.16 bits per heavy atom. The van der Waals surface area contributed by atoms with E-state index < -0.39 is 15.9 Å². The summed E-state index contributed by atoms with van der Waals surface area (Å²) in [7, 11) is -2.09. The fourth-order valence-electron chi connectivity index (χ4n) is 2.22. The number of carbonyl (C=O) groups is 1. The molecule has 0 unspecified atom stereocenters. The maximum Gasteiger partial charge on any atom is 0.245 e. The van der Waals surface area contributed by atoms with E-state index in [1.54, 1.807) is 30.3 Å². The van der Waals surface area contributed by atoms with Gasteiger partial charge in [0.1, 0.15) is 12.3 Å². The van der Waals surface area contributed by atoms with Gasteiger partial charge in [-0.2, -0.15) is 0 Å². The number of hydrogen-bond acceptors (Lipinski definition) is 5. The van der Waals surface area contributed by atoms with E-state index in [4.69, 9.17) is 4.74 Å². The van der Waals surface area contributed by atoms with Gasteiger partial charge in [-0.05, 0) is 42.7 Å². The van der Waals surface area contributed by atoms with Crippen LogP contribution in [0.2, 0.25) is 0 Å². The molecule has 0 aliphatic carbocycles. The number of hydrogen-bond donors (Lipinski definition) is 1. The highest BCUT2D eigenvalue weighted by molar-refractivity contribution is 7.98. The molecule has 0 aliphatic rings. The van der Waals surface area contributed by atoms with Crippen LogP contribution in [0.1, 0.15) is 0 Å². The second-order valence-electron chi connectivity index (χ2n) is 5.22. The molecule has 2 aromatic rings. The predicted octanol–water partition coefficient (Wildman–Crippen LogP) is 2.82. The molecule has 0 heterocycles. The average Bonchev–Trinajstić information content (AvgIpc) is 2.59. The van der Waals surface area contributed by atoms with E-state index >= 15 is 0 Å². The van der Waals surface area contributed by atoms with Crippen molar-refractivity contribution in [3.05, 3.63) is 48.5 Å². The molecule has 0 spiro atoms. The maximum atomic E-state index is 12.4. The third-order valence-electron chi connectivity index (χ3n) is 3.43. The molecule has 2 aromatic carbocycles. The van der Waals surface area contributed by atoms with Gasteiger partial charge in [0.05, 0.1) is 24.7 Å². The van der Waals surface area contributed by atoms with Gasteiger partial charge in [0.15, 0.2) is 0 Å². The number of rotatable bonds is 7. The van der Waals surface area contributed by atoms with Crippen molar-refractivity contribution in [2.45, 2.75) is 4.90 Å². The van der Waals surface area contributed by atoms with Crippen LogP contribution in [-0.2, 0) is 14.8 Å². The fourth-order valence-corrected chi connectivity index (χ4v) is 3.63. The van der Waals surface area contributed by atoms with Gasteiger partial charge in [0.25, 0.3) is 0 Å². The Labute approximate surface area is 152 Å². The zero-order chi connectivity index (χ0) is 18.4. The van der Waals surface area contributed by atoms with Crippen molar-refractivity contribution < 1.29 is 17.9 Å². The van der Waals surface area contributed by atoms with Crippen molar-refractivity contribution in [3.8, 4) is 5.75 Å². The molecule has 2 rings (SSSR count). The third-order valence-corrected chi connectivity index (χ3v) is 5.37. The first-order chi connectivity index (χ1) is 11.8. The van der Waals surface area contributed by atoms with Crippen LogP contribution in [0, 0.1) is 0 Å². The first kappa shape index (κ1) is 19.1. The number of amides is 1. The van der Waals surface area contributed by atoms with Crippen LogP contribution in [-0.4, -0.2) is 40.5 Å². The first-order valence-corrected chi connectivity index (χ1v) is 10.5. The van der Waals surface area contributed by atoms with E-state index in [9.17, 15) is 13.2 Å². The zero-order valence-corrected chi connectivity index (χ0v) is 15.9. The molecule has 0 fully saturated rings. The minimum absolute atomic E-state index is 0.312. The minimum Gasteiger partial charge on any atom is -0.497 e. The lowest BCUT2D eigenvalue weighted by molar-refractivity contribution is -0.114. The molecule has 1 N–H and O–H groups in total. The molecule has 0 bridgehead atoms. The number of benzene rings is 2. The number of sulfonamides is 1. The second-order valence-corrected chi connectivity index (χ2v) is 7.97. The van der Waals surface area contributed by atoms with Crippen LogP contribution >= 0.6 is 11.8 Å². The number of ether oxygens (including phenoxy) is 1. The molecule has 0 aromatic heterocycles. The van der Waals surface area contributed by atoms with Gasteiger partial charge in [0, 0.05) is 4.90 Å². The summed E-state index contributed by atoms with van der Waals surface area (Å²) in [5, 5.41) is 2.77. The Kier molecular flexibility index (Phi) is 6.33. The topological polar surface area (TPSA) is 75.7 Å². The summed E-state index contributed by atoms with van der Waals surface area (Å²) in [6.45, 7) is -0.312. The largest absolute Gasteiger partial charge is 0.497 e. The van der Waals surface area contributed by atoms with Crippen LogP contribution in [0.15, 0.2) is 53.4 Å². The smallest absolute Gasteiger partial charge is 0.245 e. The Morgan fingerprint density at radius 2 is 1.80 bits per heavy atom. The van der Waals surface area contributed by atoms with Crippen LogP contribution in [0.4, 0.5) is 11.4 Å². The number of methoxy groups -OCH3 is 1. The van der Waals surface area contributed by atoms with E-state index in [0.717, 1.165) is 15.5 Å². The summed E-state index contributed by atoms with van der Waals surface area (Å²) >= 11 is 1.50. The Bertz CT molecular complexity index is 836. The van der Waals surface area contributed by atoms with Gasteiger partial charge in [-0.25, -0.2) is 8.42 Å². The maximum absolute atomic E-state index is 12.4. The normalized spacial score (nSPS) is 11.0. The molecular weight excluding hydrogens is 360 g/mol. The van der Waals surface area contributed by atoms with Crippen LogP contribution in [0.5, 0.6) is 5.75 Å². The van der Waals surface area contributed by atoms with Gasteiger partial charge < -0.3 is 10.1 Å². The van der Waals surface area contributed by atoms with E-state index in [0.29, 0.717) is 17.1 Å². The van der Waals surface area contributed by atoms with Crippen molar-refractivity contribution in [1.29, 1.82) is 0 Å². The minimum atomic E-state index is -3.61. The number of para-hydroxylation sites is 1. The fraction of sp³-hybridized carbons (Fsp3) is 0.235. The van der Waals surface area contributed by atoms with Crippen molar-refractivity contribution in [1.82, 2.24) is 0 Å². The standard InChI is InChI=1S/C17H20N2O4S2/c1-23-14-10-8-13(9-11-14)19(25(3,21)22)12-17(20)18-15-6-4-5-7-16(15)24-2/h4-11H,12H2,1-3H3,(H,18,20). The van der Waals surface area contributed by atoms with Gasteiger partial charge in [-0.1, -0.05) is 12.1 Å².